The van der Waals surface area contributed by atoms with Gasteiger partial charge in [-0.1, -0.05) is 18.7 Å². The van der Waals surface area contributed by atoms with E-state index in [9.17, 15) is 9.90 Å². The highest BCUT2D eigenvalue weighted by Gasteiger charge is 2.07. The minimum absolute atomic E-state index is 0.183. The summed E-state index contributed by atoms with van der Waals surface area (Å²) in [4.78, 5) is 10.3. The van der Waals surface area contributed by atoms with Crippen molar-refractivity contribution in [3.63, 3.8) is 0 Å². The summed E-state index contributed by atoms with van der Waals surface area (Å²) in [7, 11) is 1.62. The summed E-state index contributed by atoms with van der Waals surface area (Å²) in [5.41, 5.74) is 1.21. The minimum atomic E-state index is -0.821. The van der Waals surface area contributed by atoms with Crippen molar-refractivity contribution in [3.8, 4) is 5.75 Å². The molecule has 0 bridgehead atoms. The number of rotatable bonds is 8. The van der Waals surface area contributed by atoms with Crippen LogP contribution in [0.1, 0.15) is 12.0 Å². The van der Waals surface area contributed by atoms with Crippen molar-refractivity contribution in [2.45, 2.75) is 19.1 Å². The fourth-order valence-corrected chi connectivity index (χ4v) is 1.37. The Morgan fingerprint density at radius 3 is 2.67 bits per heavy atom. The summed E-state index contributed by atoms with van der Waals surface area (Å²) in [6.07, 6.45) is 0.111. The van der Waals surface area contributed by atoms with E-state index < -0.39 is 6.10 Å². The number of ether oxygens (including phenoxy) is 2. The van der Waals surface area contributed by atoms with Crippen LogP contribution in [0.25, 0.3) is 0 Å². The van der Waals surface area contributed by atoms with Crippen LogP contribution >= 0.6 is 0 Å². The number of carbonyl (C=O) groups excluding carboxylic acids is 1. The van der Waals surface area contributed by atoms with Gasteiger partial charge in [-0.15, -0.1) is 0 Å². The van der Waals surface area contributed by atoms with Crippen molar-refractivity contribution in [3.05, 3.63) is 42.0 Å². The van der Waals surface area contributed by atoms with Crippen LogP contribution in [0, 0.1) is 0 Å². The largest absolute Gasteiger partial charge is 0.497 e. The van der Waals surface area contributed by atoms with Gasteiger partial charge in [-0.25, -0.2) is 0 Å². The smallest absolute Gasteiger partial charge is 0.148 e. The predicted molar refractivity (Wildman–Crippen MR) is 68.5 cm³/mol. The third-order valence-corrected chi connectivity index (χ3v) is 2.54. The van der Waals surface area contributed by atoms with E-state index in [1.807, 2.05) is 24.3 Å². The molecule has 0 fully saturated rings. The summed E-state index contributed by atoms with van der Waals surface area (Å²) in [5, 5.41) is 9.46. The summed E-state index contributed by atoms with van der Waals surface area (Å²) < 4.78 is 10.4. The molecule has 0 heterocycles. The standard InChI is InChI=1S/C14H18O4/c1-11(9-15)14(16)7-8-18-10-12-3-5-13(17-2)6-4-12/h3-6,9,14,16H,1,7-8,10H2,2H3. The third-order valence-electron chi connectivity index (χ3n) is 2.54. The van der Waals surface area contributed by atoms with Crippen molar-refractivity contribution >= 4 is 6.29 Å². The van der Waals surface area contributed by atoms with Crippen molar-refractivity contribution < 1.29 is 19.4 Å². The first kappa shape index (κ1) is 14.4. The molecule has 98 valence electrons. The quantitative estimate of drug-likeness (QED) is 0.433. The number of hydrogen-bond acceptors (Lipinski definition) is 4. The topological polar surface area (TPSA) is 55.8 Å². The number of aldehydes is 1. The maximum Gasteiger partial charge on any atom is 0.148 e. The molecule has 4 heteroatoms. The average Bonchev–Trinajstić information content (AvgIpc) is 2.43. The van der Waals surface area contributed by atoms with E-state index in [2.05, 4.69) is 6.58 Å². The maximum atomic E-state index is 10.3. The molecule has 0 radical (unpaired) electrons. The molecule has 0 aliphatic carbocycles. The van der Waals surface area contributed by atoms with Crippen LogP contribution < -0.4 is 4.74 Å². The van der Waals surface area contributed by atoms with Crippen LogP contribution in [0.5, 0.6) is 5.75 Å². The summed E-state index contributed by atoms with van der Waals surface area (Å²) in [6, 6.07) is 7.56. The molecule has 1 rings (SSSR count). The number of hydrogen-bond donors (Lipinski definition) is 1. The summed E-state index contributed by atoms with van der Waals surface area (Å²) >= 11 is 0. The second-order valence-electron chi connectivity index (χ2n) is 3.90. The second kappa shape index (κ2) is 7.63. The fraction of sp³-hybridized carbons (Fsp3) is 0.357. The van der Waals surface area contributed by atoms with Gasteiger partial charge in [-0.2, -0.15) is 0 Å². The lowest BCUT2D eigenvalue weighted by Gasteiger charge is -2.09. The van der Waals surface area contributed by atoms with E-state index in [0.717, 1.165) is 11.3 Å². The Hall–Kier alpha value is -1.65. The lowest BCUT2D eigenvalue weighted by atomic mass is 10.1. The van der Waals surface area contributed by atoms with Gasteiger partial charge in [0.15, 0.2) is 0 Å². The molecule has 0 saturated carbocycles. The van der Waals surface area contributed by atoms with Crippen LogP contribution in [0.15, 0.2) is 36.4 Å². The van der Waals surface area contributed by atoms with Crippen LogP contribution in [0.4, 0.5) is 0 Å². The van der Waals surface area contributed by atoms with Crippen LogP contribution in [0.3, 0.4) is 0 Å². The Balaban J connectivity index is 2.25. The Bertz CT molecular complexity index is 383. The number of benzene rings is 1. The molecule has 0 aliphatic rings. The fourth-order valence-electron chi connectivity index (χ4n) is 1.37. The number of aliphatic hydroxyl groups excluding tert-OH is 1. The molecule has 1 aromatic rings. The van der Waals surface area contributed by atoms with Crippen molar-refractivity contribution in [2.75, 3.05) is 13.7 Å². The van der Waals surface area contributed by atoms with Gasteiger partial charge >= 0.3 is 0 Å². The molecule has 1 N–H and O–H groups in total. The van der Waals surface area contributed by atoms with Gasteiger partial charge in [0, 0.05) is 18.6 Å². The minimum Gasteiger partial charge on any atom is -0.497 e. The molecule has 0 amide bonds. The SMILES string of the molecule is C=C(C=O)C(O)CCOCc1ccc(OC)cc1. The predicted octanol–water partition coefficient (Wildman–Crippen LogP) is 1.72. The maximum absolute atomic E-state index is 10.3. The molecule has 0 spiro atoms. The molecule has 0 aromatic heterocycles. The molecule has 0 saturated heterocycles. The van der Waals surface area contributed by atoms with Gasteiger partial charge in [-0.3, -0.25) is 4.79 Å². The third kappa shape index (κ3) is 4.69. The zero-order chi connectivity index (χ0) is 13.4. The monoisotopic (exact) mass is 250 g/mol. The van der Waals surface area contributed by atoms with E-state index in [1.54, 1.807) is 7.11 Å². The molecule has 1 aromatic carbocycles. The van der Waals surface area contributed by atoms with Crippen molar-refractivity contribution in [1.29, 1.82) is 0 Å². The molecule has 18 heavy (non-hydrogen) atoms. The normalized spacial score (nSPS) is 11.9. The highest BCUT2D eigenvalue weighted by molar-refractivity contribution is 5.73. The second-order valence-corrected chi connectivity index (χ2v) is 3.90. The Kier molecular flexibility index (Phi) is 6.11. The summed E-state index contributed by atoms with van der Waals surface area (Å²) in [5.74, 6) is 0.802. The first-order chi connectivity index (χ1) is 8.67. The van der Waals surface area contributed by atoms with Crippen LogP contribution in [-0.4, -0.2) is 31.2 Å². The molecule has 1 atom stereocenters. The highest BCUT2D eigenvalue weighted by atomic mass is 16.5. The highest BCUT2D eigenvalue weighted by Crippen LogP contribution is 2.12. The number of carbonyl (C=O) groups is 1. The van der Waals surface area contributed by atoms with Gasteiger partial charge in [0.2, 0.25) is 0 Å². The van der Waals surface area contributed by atoms with Crippen LogP contribution in [0.2, 0.25) is 0 Å². The Morgan fingerprint density at radius 1 is 1.44 bits per heavy atom. The number of methoxy groups -OCH3 is 1. The Morgan fingerprint density at radius 2 is 2.11 bits per heavy atom. The molecular weight excluding hydrogens is 232 g/mol. The molecular formula is C14H18O4. The first-order valence-corrected chi connectivity index (χ1v) is 5.70. The van der Waals surface area contributed by atoms with Gasteiger partial charge in [0.25, 0.3) is 0 Å². The average molecular weight is 250 g/mol. The summed E-state index contributed by atoms with van der Waals surface area (Å²) in [6.45, 7) is 4.28. The zero-order valence-corrected chi connectivity index (χ0v) is 10.5. The first-order valence-electron chi connectivity index (χ1n) is 5.70. The molecule has 1 unspecified atom stereocenters. The van der Waals surface area contributed by atoms with Gasteiger partial charge in [0.1, 0.15) is 12.0 Å². The van der Waals surface area contributed by atoms with E-state index in [4.69, 9.17) is 9.47 Å². The van der Waals surface area contributed by atoms with E-state index in [0.29, 0.717) is 25.9 Å². The van der Waals surface area contributed by atoms with E-state index >= 15 is 0 Å². The van der Waals surface area contributed by atoms with Crippen molar-refractivity contribution in [2.24, 2.45) is 0 Å². The van der Waals surface area contributed by atoms with Crippen LogP contribution in [-0.2, 0) is 16.1 Å². The lowest BCUT2D eigenvalue weighted by Crippen LogP contribution is -2.13. The van der Waals surface area contributed by atoms with Gasteiger partial charge < -0.3 is 14.6 Å². The zero-order valence-electron chi connectivity index (χ0n) is 10.5. The van der Waals surface area contributed by atoms with E-state index in [-0.39, 0.29) is 5.57 Å². The Labute approximate surface area is 107 Å². The number of aliphatic hydroxyl groups is 1. The van der Waals surface area contributed by atoms with E-state index in [1.165, 1.54) is 0 Å². The van der Waals surface area contributed by atoms with Gasteiger partial charge in [0.05, 0.1) is 19.8 Å². The van der Waals surface area contributed by atoms with Crippen molar-refractivity contribution in [1.82, 2.24) is 0 Å². The van der Waals surface area contributed by atoms with Gasteiger partial charge in [-0.05, 0) is 17.7 Å². The molecule has 0 aliphatic heterocycles. The lowest BCUT2D eigenvalue weighted by molar-refractivity contribution is -0.105. The molecule has 4 nitrogen and oxygen atoms in total.